The molecule has 0 spiro atoms. The zero-order valence-electron chi connectivity index (χ0n) is 11.2. The molecule has 4 N–H and O–H groups in total. The van der Waals surface area contributed by atoms with Crippen LogP contribution in [-0.2, 0) is 4.79 Å². The van der Waals surface area contributed by atoms with Gasteiger partial charge in [-0.25, -0.2) is 0 Å². The second-order valence-electron chi connectivity index (χ2n) is 4.40. The Morgan fingerprint density at radius 1 is 1.42 bits per heavy atom. The molecule has 0 aromatic heterocycles. The molecule has 1 rings (SSSR count). The summed E-state index contributed by atoms with van der Waals surface area (Å²) in [5.41, 5.74) is 8.10. The summed E-state index contributed by atoms with van der Waals surface area (Å²) in [4.78, 5) is 10.6. The van der Waals surface area contributed by atoms with Crippen molar-refractivity contribution in [2.75, 3.05) is 7.11 Å². The molecule has 19 heavy (non-hydrogen) atoms. The van der Waals surface area contributed by atoms with Crippen LogP contribution >= 0.6 is 15.9 Å². The molecular formula is C13H18BrNO4. The molecule has 0 fully saturated rings. The fraction of sp³-hybridized carbons (Fsp3) is 0.462. The zero-order valence-corrected chi connectivity index (χ0v) is 12.7. The molecule has 0 amide bonds. The van der Waals surface area contributed by atoms with Crippen LogP contribution in [0.5, 0.6) is 11.5 Å². The average Bonchev–Trinajstić information content (AvgIpc) is 2.34. The number of aliphatic carboxylic acids is 1. The Morgan fingerprint density at radius 3 is 2.47 bits per heavy atom. The summed E-state index contributed by atoms with van der Waals surface area (Å²) >= 11 is 3.44. The summed E-state index contributed by atoms with van der Waals surface area (Å²) in [6.07, 6.45) is 0.205. The molecule has 0 radical (unpaired) electrons. The smallest absolute Gasteiger partial charge is 0.303 e. The number of carboxylic acid groups (broad SMARTS) is 1. The highest BCUT2D eigenvalue weighted by molar-refractivity contribution is 9.10. The topological polar surface area (TPSA) is 92.8 Å². The Morgan fingerprint density at radius 2 is 2.00 bits per heavy atom. The first-order valence-corrected chi connectivity index (χ1v) is 6.63. The minimum atomic E-state index is -0.911. The van der Waals surface area contributed by atoms with E-state index in [-0.39, 0.29) is 18.6 Å². The van der Waals surface area contributed by atoms with E-state index in [1.54, 1.807) is 0 Å². The number of hydrogen-bond acceptors (Lipinski definition) is 4. The van der Waals surface area contributed by atoms with Gasteiger partial charge in [0, 0.05) is 28.1 Å². The third-order valence-corrected chi connectivity index (χ3v) is 4.31. The molecule has 1 aromatic rings. The van der Waals surface area contributed by atoms with Crippen LogP contribution in [0.4, 0.5) is 0 Å². The van der Waals surface area contributed by atoms with E-state index in [0.717, 1.165) is 15.6 Å². The number of rotatable bonds is 5. The van der Waals surface area contributed by atoms with Crippen molar-refractivity contribution in [2.45, 2.75) is 32.7 Å². The Bertz CT molecular complexity index is 502. The van der Waals surface area contributed by atoms with Gasteiger partial charge in [0.1, 0.15) is 0 Å². The van der Waals surface area contributed by atoms with Crippen LogP contribution in [0, 0.1) is 13.8 Å². The van der Waals surface area contributed by atoms with Gasteiger partial charge < -0.3 is 20.7 Å². The van der Waals surface area contributed by atoms with Gasteiger partial charge in [0.05, 0.1) is 7.11 Å². The fourth-order valence-electron chi connectivity index (χ4n) is 2.10. The molecule has 0 aliphatic carbocycles. The van der Waals surface area contributed by atoms with E-state index < -0.39 is 12.0 Å². The van der Waals surface area contributed by atoms with Gasteiger partial charge in [-0.15, -0.1) is 0 Å². The maximum atomic E-state index is 10.6. The number of phenols is 1. The molecule has 0 aliphatic heterocycles. The van der Waals surface area contributed by atoms with Gasteiger partial charge in [-0.2, -0.15) is 0 Å². The summed E-state index contributed by atoms with van der Waals surface area (Å²) in [6, 6.07) is -0.554. The molecule has 1 atom stereocenters. The van der Waals surface area contributed by atoms with Crippen molar-refractivity contribution in [3.63, 3.8) is 0 Å². The van der Waals surface area contributed by atoms with E-state index in [1.165, 1.54) is 7.11 Å². The van der Waals surface area contributed by atoms with Gasteiger partial charge >= 0.3 is 5.97 Å². The first kappa shape index (κ1) is 15.8. The SMILES string of the molecule is COc1c(C)c(Br)c(C)c(C(N)CCC(=O)O)c1O. The van der Waals surface area contributed by atoms with Gasteiger partial charge in [0.2, 0.25) is 0 Å². The van der Waals surface area contributed by atoms with E-state index in [4.69, 9.17) is 15.6 Å². The number of nitrogens with two attached hydrogens (primary N) is 1. The Balaban J connectivity index is 3.27. The maximum absolute atomic E-state index is 10.6. The van der Waals surface area contributed by atoms with Crippen molar-refractivity contribution in [1.82, 2.24) is 0 Å². The van der Waals surface area contributed by atoms with Gasteiger partial charge in [0.15, 0.2) is 11.5 Å². The number of methoxy groups -OCH3 is 1. The van der Waals surface area contributed by atoms with Gasteiger partial charge in [-0.1, -0.05) is 15.9 Å². The minimum Gasteiger partial charge on any atom is -0.504 e. The second kappa shape index (κ2) is 6.25. The lowest BCUT2D eigenvalue weighted by Crippen LogP contribution is -2.15. The summed E-state index contributed by atoms with van der Waals surface area (Å²) in [5, 5.41) is 18.9. The van der Waals surface area contributed by atoms with Gasteiger partial charge in [-0.3, -0.25) is 4.79 Å². The van der Waals surface area contributed by atoms with Crippen molar-refractivity contribution in [3.8, 4) is 11.5 Å². The molecule has 1 unspecified atom stereocenters. The van der Waals surface area contributed by atoms with E-state index in [2.05, 4.69) is 15.9 Å². The standard InChI is InChI=1S/C13H18BrNO4/c1-6-10(8(15)4-5-9(16)17)12(18)13(19-3)7(2)11(6)14/h8,18H,4-5,15H2,1-3H3,(H,16,17). The molecule has 106 valence electrons. The highest BCUT2D eigenvalue weighted by Crippen LogP contribution is 2.43. The zero-order chi connectivity index (χ0) is 14.7. The lowest BCUT2D eigenvalue weighted by molar-refractivity contribution is -0.137. The molecule has 1 aromatic carbocycles. The Labute approximate surface area is 120 Å². The van der Waals surface area contributed by atoms with Crippen molar-refractivity contribution < 1.29 is 19.7 Å². The largest absolute Gasteiger partial charge is 0.504 e. The van der Waals surface area contributed by atoms with Crippen molar-refractivity contribution in [3.05, 3.63) is 21.2 Å². The Kier molecular flexibility index (Phi) is 5.20. The summed E-state index contributed by atoms with van der Waals surface area (Å²) in [5.74, 6) is -0.567. The van der Waals surface area contributed by atoms with Crippen LogP contribution in [0.25, 0.3) is 0 Å². The number of phenolic OH excluding ortho intramolecular Hbond substituents is 1. The number of carbonyl (C=O) groups is 1. The number of benzene rings is 1. The van der Waals surface area contributed by atoms with Crippen LogP contribution in [0.2, 0.25) is 0 Å². The number of ether oxygens (including phenoxy) is 1. The van der Waals surface area contributed by atoms with Crippen LogP contribution in [0.3, 0.4) is 0 Å². The minimum absolute atomic E-state index is 0.0152. The molecule has 0 saturated heterocycles. The van der Waals surface area contributed by atoms with E-state index in [9.17, 15) is 9.90 Å². The third-order valence-electron chi connectivity index (χ3n) is 3.12. The first-order chi connectivity index (χ1) is 8.81. The van der Waals surface area contributed by atoms with Crippen LogP contribution in [0.15, 0.2) is 4.47 Å². The summed E-state index contributed by atoms with van der Waals surface area (Å²) < 4.78 is 5.98. The molecule has 0 aliphatic rings. The summed E-state index contributed by atoms with van der Waals surface area (Å²) in [7, 11) is 1.47. The summed E-state index contributed by atoms with van der Waals surface area (Å²) in [6.45, 7) is 3.65. The number of halogens is 1. The van der Waals surface area contributed by atoms with Gasteiger partial charge in [-0.05, 0) is 25.8 Å². The van der Waals surface area contributed by atoms with E-state index in [0.29, 0.717) is 11.3 Å². The lowest BCUT2D eigenvalue weighted by Gasteiger charge is -2.21. The quantitative estimate of drug-likeness (QED) is 0.771. The molecule has 0 heterocycles. The maximum Gasteiger partial charge on any atom is 0.303 e. The molecule has 5 nitrogen and oxygen atoms in total. The van der Waals surface area contributed by atoms with Gasteiger partial charge in [0.25, 0.3) is 0 Å². The lowest BCUT2D eigenvalue weighted by atomic mass is 9.94. The number of carboxylic acids is 1. The Hall–Kier alpha value is -1.27. The predicted molar refractivity (Wildman–Crippen MR) is 75.6 cm³/mol. The monoisotopic (exact) mass is 331 g/mol. The average molecular weight is 332 g/mol. The molecule has 0 bridgehead atoms. The third kappa shape index (κ3) is 3.19. The normalized spacial score (nSPS) is 12.3. The highest BCUT2D eigenvalue weighted by atomic mass is 79.9. The second-order valence-corrected chi connectivity index (χ2v) is 5.19. The van der Waals surface area contributed by atoms with Crippen molar-refractivity contribution in [1.29, 1.82) is 0 Å². The van der Waals surface area contributed by atoms with Crippen molar-refractivity contribution >= 4 is 21.9 Å². The van der Waals surface area contributed by atoms with E-state index >= 15 is 0 Å². The number of hydrogen-bond donors (Lipinski definition) is 3. The van der Waals surface area contributed by atoms with Crippen LogP contribution in [-0.4, -0.2) is 23.3 Å². The van der Waals surface area contributed by atoms with Crippen molar-refractivity contribution in [2.24, 2.45) is 5.73 Å². The number of aromatic hydroxyl groups is 1. The fourth-order valence-corrected chi connectivity index (χ4v) is 2.50. The van der Waals surface area contributed by atoms with E-state index in [1.807, 2.05) is 13.8 Å². The molecule has 6 heteroatoms. The van der Waals surface area contributed by atoms with Crippen LogP contribution in [0.1, 0.15) is 35.6 Å². The molecular weight excluding hydrogens is 314 g/mol. The predicted octanol–water partition coefficient (Wildman–Crippen LogP) is 2.64. The highest BCUT2D eigenvalue weighted by Gasteiger charge is 2.23. The molecule has 0 saturated carbocycles. The van der Waals surface area contributed by atoms with Crippen LogP contribution < -0.4 is 10.5 Å². The first-order valence-electron chi connectivity index (χ1n) is 5.84.